The quantitative estimate of drug-likeness (QED) is 0.673. The summed E-state index contributed by atoms with van der Waals surface area (Å²) < 4.78 is 21.3. The number of carbonyl (C=O) groups is 1. The first-order valence-electron chi connectivity index (χ1n) is 8.80. The first-order valence-corrected chi connectivity index (χ1v) is 8.80. The lowest BCUT2D eigenvalue weighted by atomic mass is 10.1. The summed E-state index contributed by atoms with van der Waals surface area (Å²) in [5.74, 6) is 2.38. The molecule has 1 aromatic heterocycles. The molecule has 1 aliphatic heterocycles. The van der Waals surface area contributed by atoms with Crippen LogP contribution in [0.1, 0.15) is 18.7 Å². The van der Waals surface area contributed by atoms with Crippen LogP contribution in [0.2, 0.25) is 0 Å². The minimum atomic E-state index is -0.0949. The summed E-state index contributed by atoms with van der Waals surface area (Å²) >= 11 is 0. The monoisotopic (exact) mass is 412 g/mol. The molecule has 28 heavy (non-hydrogen) atoms. The summed E-state index contributed by atoms with van der Waals surface area (Å²) in [5, 5.41) is 10.1. The van der Waals surface area contributed by atoms with Crippen molar-refractivity contribution >= 4 is 18.3 Å². The molecule has 2 aromatic rings. The van der Waals surface area contributed by atoms with Gasteiger partial charge in [-0.15, -0.1) is 12.4 Å². The highest BCUT2D eigenvalue weighted by Crippen LogP contribution is 2.40. The Bertz CT molecular complexity index is 767. The van der Waals surface area contributed by atoms with E-state index in [1.54, 1.807) is 33.5 Å². The standard InChI is InChI=1S/C18H24N4O5.ClH/c1-24-13-9-11(10-14(25-2)16(13)26-3)17-21-15(27-22-17)6-8-20-18(23)12-5-4-7-19-12;/h9-10,12,19H,4-8H2,1-3H3,(H,20,23);1H. The van der Waals surface area contributed by atoms with E-state index >= 15 is 0 Å². The van der Waals surface area contributed by atoms with Gasteiger partial charge in [-0.1, -0.05) is 5.16 Å². The van der Waals surface area contributed by atoms with Crippen LogP contribution in [0.4, 0.5) is 0 Å². The van der Waals surface area contributed by atoms with Crippen LogP contribution in [-0.2, 0) is 11.2 Å². The molecule has 1 saturated heterocycles. The fourth-order valence-corrected chi connectivity index (χ4v) is 3.01. The normalized spacial score (nSPS) is 15.6. The van der Waals surface area contributed by atoms with Crippen molar-refractivity contribution in [1.29, 1.82) is 0 Å². The Balaban J connectivity index is 0.00000280. The van der Waals surface area contributed by atoms with Crippen molar-refractivity contribution in [2.24, 2.45) is 0 Å². The highest BCUT2D eigenvalue weighted by atomic mass is 35.5. The van der Waals surface area contributed by atoms with E-state index in [1.165, 1.54) is 0 Å². The smallest absolute Gasteiger partial charge is 0.237 e. The third-order valence-electron chi connectivity index (χ3n) is 4.41. The van der Waals surface area contributed by atoms with Crippen molar-refractivity contribution in [3.63, 3.8) is 0 Å². The Morgan fingerprint density at radius 3 is 2.54 bits per heavy atom. The van der Waals surface area contributed by atoms with E-state index in [9.17, 15) is 4.79 Å². The molecule has 154 valence electrons. The lowest BCUT2D eigenvalue weighted by molar-refractivity contribution is -0.122. The Labute approximate surface area is 169 Å². The van der Waals surface area contributed by atoms with Crippen molar-refractivity contribution < 1.29 is 23.5 Å². The van der Waals surface area contributed by atoms with Gasteiger partial charge in [-0.05, 0) is 31.5 Å². The van der Waals surface area contributed by atoms with Gasteiger partial charge in [0.1, 0.15) is 0 Å². The van der Waals surface area contributed by atoms with Gasteiger partial charge in [0, 0.05) is 18.5 Å². The summed E-state index contributed by atoms with van der Waals surface area (Å²) in [5.41, 5.74) is 0.679. The maximum Gasteiger partial charge on any atom is 0.237 e. The van der Waals surface area contributed by atoms with Crippen LogP contribution < -0.4 is 24.8 Å². The maximum atomic E-state index is 12.0. The third kappa shape index (κ3) is 4.85. The number of methoxy groups -OCH3 is 3. The molecular formula is C18H25ClN4O5. The Morgan fingerprint density at radius 1 is 1.25 bits per heavy atom. The maximum absolute atomic E-state index is 12.0. The minimum absolute atomic E-state index is 0. The first kappa shape index (κ1) is 21.8. The van der Waals surface area contributed by atoms with Crippen LogP contribution >= 0.6 is 12.4 Å². The van der Waals surface area contributed by atoms with Crippen molar-refractivity contribution in [1.82, 2.24) is 20.8 Å². The van der Waals surface area contributed by atoms with E-state index < -0.39 is 0 Å². The van der Waals surface area contributed by atoms with Crippen molar-refractivity contribution in [2.45, 2.75) is 25.3 Å². The van der Waals surface area contributed by atoms with E-state index in [2.05, 4.69) is 20.8 Å². The molecule has 0 aliphatic carbocycles. The van der Waals surface area contributed by atoms with Crippen LogP contribution in [0, 0.1) is 0 Å². The second kappa shape index (κ2) is 10.1. The SMILES string of the molecule is COc1cc(-c2noc(CCNC(=O)C3CCCN3)n2)cc(OC)c1OC.Cl. The Morgan fingerprint density at radius 2 is 1.96 bits per heavy atom. The zero-order valence-corrected chi connectivity index (χ0v) is 16.9. The molecule has 1 amide bonds. The fourth-order valence-electron chi connectivity index (χ4n) is 3.01. The number of rotatable bonds is 8. The Hall–Kier alpha value is -2.52. The molecule has 0 radical (unpaired) electrons. The van der Waals surface area contributed by atoms with Gasteiger partial charge < -0.3 is 29.4 Å². The number of halogens is 1. The summed E-state index contributed by atoms with van der Waals surface area (Å²) in [6, 6.07) is 3.41. The number of ether oxygens (including phenoxy) is 3. The van der Waals surface area contributed by atoms with Crippen molar-refractivity contribution in [3.05, 3.63) is 18.0 Å². The average Bonchev–Trinajstić information content (AvgIpc) is 3.38. The van der Waals surface area contributed by atoms with Gasteiger partial charge in [-0.3, -0.25) is 4.79 Å². The number of benzene rings is 1. The predicted molar refractivity (Wildman–Crippen MR) is 104 cm³/mol. The number of nitrogens with zero attached hydrogens (tertiary/aromatic N) is 2. The summed E-state index contributed by atoms with van der Waals surface area (Å²) in [4.78, 5) is 16.4. The van der Waals surface area contributed by atoms with Crippen LogP contribution in [0.25, 0.3) is 11.4 Å². The fraction of sp³-hybridized carbons (Fsp3) is 0.500. The number of carbonyl (C=O) groups excluding carboxylic acids is 1. The van der Waals surface area contributed by atoms with Crippen LogP contribution in [-0.4, -0.2) is 56.5 Å². The van der Waals surface area contributed by atoms with Gasteiger partial charge in [-0.25, -0.2) is 0 Å². The van der Waals surface area contributed by atoms with E-state index in [1.807, 2.05) is 0 Å². The molecule has 1 unspecified atom stereocenters. The lowest BCUT2D eigenvalue weighted by Crippen LogP contribution is -2.41. The van der Waals surface area contributed by atoms with E-state index in [-0.39, 0.29) is 24.4 Å². The number of nitrogens with one attached hydrogen (secondary N) is 2. The molecule has 10 heteroatoms. The second-order valence-corrected chi connectivity index (χ2v) is 6.12. The molecule has 9 nitrogen and oxygen atoms in total. The van der Waals surface area contributed by atoms with E-state index in [4.69, 9.17) is 18.7 Å². The molecule has 1 aromatic carbocycles. The zero-order valence-electron chi connectivity index (χ0n) is 16.1. The largest absolute Gasteiger partial charge is 0.493 e. The minimum Gasteiger partial charge on any atom is -0.493 e. The van der Waals surface area contributed by atoms with Gasteiger partial charge in [-0.2, -0.15) is 4.98 Å². The number of hydrogen-bond donors (Lipinski definition) is 2. The van der Waals surface area contributed by atoms with Gasteiger partial charge in [0.15, 0.2) is 11.5 Å². The molecule has 3 rings (SSSR count). The lowest BCUT2D eigenvalue weighted by Gasteiger charge is -2.12. The van der Waals surface area contributed by atoms with Crippen molar-refractivity contribution in [3.8, 4) is 28.6 Å². The second-order valence-electron chi connectivity index (χ2n) is 6.12. The van der Waals surface area contributed by atoms with Crippen LogP contribution in [0.15, 0.2) is 16.7 Å². The molecule has 2 heterocycles. The highest BCUT2D eigenvalue weighted by Gasteiger charge is 2.22. The van der Waals surface area contributed by atoms with Crippen molar-refractivity contribution in [2.75, 3.05) is 34.4 Å². The van der Waals surface area contributed by atoms with Gasteiger partial charge in [0.25, 0.3) is 0 Å². The molecule has 1 aliphatic rings. The number of amides is 1. The summed E-state index contributed by atoms with van der Waals surface area (Å²) in [6.45, 7) is 1.33. The molecule has 2 N–H and O–H groups in total. The van der Waals surface area contributed by atoms with E-state index in [0.29, 0.717) is 47.5 Å². The van der Waals surface area contributed by atoms with Gasteiger partial charge in [0.05, 0.1) is 27.4 Å². The van der Waals surface area contributed by atoms with Gasteiger partial charge >= 0.3 is 0 Å². The summed E-state index contributed by atoms with van der Waals surface area (Å²) in [6.07, 6.45) is 2.35. The zero-order chi connectivity index (χ0) is 19.2. The summed E-state index contributed by atoms with van der Waals surface area (Å²) in [7, 11) is 4.64. The first-order chi connectivity index (χ1) is 13.2. The number of aromatic nitrogens is 2. The molecule has 0 saturated carbocycles. The highest BCUT2D eigenvalue weighted by molar-refractivity contribution is 5.85. The van der Waals surface area contributed by atoms with E-state index in [0.717, 1.165) is 19.4 Å². The van der Waals surface area contributed by atoms with Crippen LogP contribution in [0.3, 0.4) is 0 Å². The molecule has 0 spiro atoms. The van der Waals surface area contributed by atoms with Crippen LogP contribution in [0.5, 0.6) is 17.2 Å². The van der Waals surface area contributed by atoms with Gasteiger partial charge in [0.2, 0.25) is 23.4 Å². The average molecular weight is 413 g/mol. The topological polar surface area (TPSA) is 108 Å². The number of hydrogen-bond acceptors (Lipinski definition) is 8. The molecular weight excluding hydrogens is 388 g/mol. The molecule has 0 bridgehead atoms. The Kier molecular flexibility index (Phi) is 7.89. The molecule has 1 atom stereocenters. The molecule has 1 fully saturated rings. The predicted octanol–water partition coefficient (Wildman–Crippen LogP) is 1.59. The third-order valence-corrected chi connectivity index (χ3v) is 4.41.